The lowest BCUT2D eigenvalue weighted by atomic mass is 10.1. The third kappa shape index (κ3) is 2.66. The van der Waals surface area contributed by atoms with Crippen molar-refractivity contribution in [2.24, 2.45) is 5.92 Å². The van der Waals surface area contributed by atoms with Gasteiger partial charge in [0.05, 0.1) is 11.0 Å². The van der Waals surface area contributed by atoms with Gasteiger partial charge in [-0.3, -0.25) is 0 Å². The van der Waals surface area contributed by atoms with Gasteiger partial charge < -0.3 is 9.88 Å². The normalized spacial score (nSPS) is 16.9. The molecule has 1 saturated carbocycles. The van der Waals surface area contributed by atoms with Crippen molar-refractivity contribution in [2.75, 3.05) is 6.54 Å². The van der Waals surface area contributed by atoms with Gasteiger partial charge in [0.25, 0.3) is 0 Å². The highest BCUT2D eigenvalue weighted by molar-refractivity contribution is 5.75. The lowest BCUT2D eigenvalue weighted by Crippen LogP contribution is -2.35. The van der Waals surface area contributed by atoms with E-state index in [4.69, 9.17) is 0 Å². The molecule has 19 heavy (non-hydrogen) atoms. The Kier molecular flexibility index (Phi) is 3.56. The molecular formula is C16H23N3. The molecule has 1 fully saturated rings. The molecule has 1 aliphatic carbocycles. The predicted octanol–water partition coefficient (Wildman–Crippen LogP) is 3.12. The maximum Gasteiger partial charge on any atom is 0.106 e. The van der Waals surface area contributed by atoms with Gasteiger partial charge in [0, 0.05) is 12.6 Å². The first-order chi connectivity index (χ1) is 9.29. The molecule has 1 heterocycles. The highest BCUT2D eigenvalue weighted by Crippen LogP contribution is 2.34. The van der Waals surface area contributed by atoms with Gasteiger partial charge in [-0.1, -0.05) is 19.1 Å². The largest absolute Gasteiger partial charge is 0.327 e. The summed E-state index contributed by atoms with van der Waals surface area (Å²) in [5.74, 6) is 2.00. The Morgan fingerprint density at radius 1 is 1.37 bits per heavy atom. The molecule has 3 heteroatoms. The first-order valence-corrected chi connectivity index (χ1v) is 7.45. The van der Waals surface area contributed by atoms with E-state index in [1.807, 2.05) is 0 Å². The van der Waals surface area contributed by atoms with Crippen LogP contribution >= 0.6 is 0 Å². The number of benzene rings is 1. The minimum absolute atomic E-state index is 0.608. The van der Waals surface area contributed by atoms with E-state index >= 15 is 0 Å². The molecule has 0 bridgehead atoms. The van der Waals surface area contributed by atoms with Crippen molar-refractivity contribution in [3.05, 3.63) is 30.1 Å². The maximum atomic E-state index is 4.66. The van der Waals surface area contributed by atoms with Crippen molar-refractivity contribution in [1.29, 1.82) is 0 Å². The van der Waals surface area contributed by atoms with Crippen molar-refractivity contribution < 1.29 is 0 Å². The Hall–Kier alpha value is -1.35. The number of para-hydroxylation sites is 2. The second-order valence-electron chi connectivity index (χ2n) is 5.66. The fraction of sp³-hybridized carbons (Fsp3) is 0.562. The molecule has 2 aromatic rings. The highest BCUT2D eigenvalue weighted by Gasteiger charge is 2.31. The zero-order valence-electron chi connectivity index (χ0n) is 11.9. The Balaban J connectivity index is 1.84. The van der Waals surface area contributed by atoms with E-state index in [9.17, 15) is 0 Å². The second-order valence-corrected chi connectivity index (χ2v) is 5.66. The lowest BCUT2D eigenvalue weighted by Gasteiger charge is -2.20. The van der Waals surface area contributed by atoms with Crippen LogP contribution in [0.5, 0.6) is 0 Å². The fourth-order valence-corrected chi connectivity index (χ4v) is 2.83. The second kappa shape index (κ2) is 5.33. The van der Waals surface area contributed by atoms with Crippen molar-refractivity contribution in [1.82, 2.24) is 14.9 Å². The molecule has 102 valence electrons. The number of hydrogen-bond acceptors (Lipinski definition) is 2. The zero-order chi connectivity index (χ0) is 13.2. The molecule has 1 aromatic carbocycles. The third-order valence-electron chi connectivity index (χ3n) is 4.07. The Bertz CT molecular complexity index is 554. The average Bonchev–Trinajstić information content (AvgIpc) is 3.20. The van der Waals surface area contributed by atoms with Crippen LogP contribution in [-0.4, -0.2) is 22.1 Å². The number of hydrogen-bond donors (Lipinski definition) is 1. The first kappa shape index (κ1) is 12.7. The molecule has 0 radical (unpaired) electrons. The van der Waals surface area contributed by atoms with Crippen LogP contribution in [0.1, 0.15) is 32.0 Å². The van der Waals surface area contributed by atoms with Crippen molar-refractivity contribution in [3.63, 3.8) is 0 Å². The minimum Gasteiger partial charge on any atom is -0.327 e. The summed E-state index contributed by atoms with van der Waals surface area (Å²) in [6.45, 7) is 6.52. The van der Waals surface area contributed by atoms with E-state index in [-0.39, 0.29) is 0 Å². The van der Waals surface area contributed by atoms with E-state index < -0.39 is 0 Å². The molecule has 1 aliphatic rings. The Labute approximate surface area is 115 Å². The molecule has 1 N–H and O–H groups in total. The van der Waals surface area contributed by atoms with Gasteiger partial charge in [0.1, 0.15) is 5.82 Å². The molecule has 3 nitrogen and oxygen atoms in total. The van der Waals surface area contributed by atoms with Crippen LogP contribution in [0.3, 0.4) is 0 Å². The van der Waals surface area contributed by atoms with E-state index in [1.54, 1.807) is 0 Å². The number of fused-ring (bicyclic) bond motifs is 1. The van der Waals surface area contributed by atoms with Crippen molar-refractivity contribution in [2.45, 2.75) is 45.7 Å². The quantitative estimate of drug-likeness (QED) is 0.861. The van der Waals surface area contributed by atoms with E-state index in [1.165, 1.54) is 24.8 Å². The summed E-state index contributed by atoms with van der Waals surface area (Å²) in [5.41, 5.74) is 2.38. The van der Waals surface area contributed by atoms with E-state index in [0.29, 0.717) is 6.04 Å². The number of nitrogens with zero attached hydrogens (tertiary/aromatic N) is 2. The average molecular weight is 257 g/mol. The number of imidazole rings is 1. The highest BCUT2D eigenvalue weighted by atomic mass is 15.1. The molecule has 0 aliphatic heterocycles. The Morgan fingerprint density at radius 3 is 2.89 bits per heavy atom. The lowest BCUT2D eigenvalue weighted by molar-refractivity contribution is 0.408. The van der Waals surface area contributed by atoms with Crippen LogP contribution in [0.15, 0.2) is 24.3 Å². The summed E-state index contributed by atoms with van der Waals surface area (Å²) in [6.07, 6.45) is 3.97. The van der Waals surface area contributed by atoms with Crippen LogP contribution in [0, 0.1) is 12.8 Å². The van der Waals surface area contributed by atoms with E-state index in [2.05, 4.69) is 53.0 Å². The zero-order valence-corrected chi connectivity index (χ0v) is 11.9. The summed E-state index contributed by atoms with van der Waals surface area (Å²) in [6, 6.07) is 9.05. The molecule has 1 aromatic heterocycles. The molecule has 1 atom stereocenters. The van der Waals surface area contributed by atoms with Gasteiger partial charge in [-0.25, -0.2) is 4.98 Å². The number of aromatic nitrogens is 2. The van der Waals surface area contributed by atoms with Crippen LogP contribution in [0.2, 0.25) is 0 Å². The molecular weight excluding hydrogens is 234 g/mol. The van der Waals surface area contributed by atoms with E-state index in [0.717, 1.165) is 30.3 Å². The van der Waals surface area contributed by atoms with Gasteiger partial charge in [-0.15, -0.1) is 0 Å². The van der Waals surface area contributed by atoms with Gasteiger partial charge in [0.15, 0.2) is 0 Å². The summed E-state index contributed by atoms with van der Waals surface area (Å²) in [5, 5.41) is 3.71. The van der Waals surface area contributed by atoms with Crippen LogP contribution in [0.25, 0.3) is 11.0 Å². The van der Waals surface area contributed by atoms with Crippen LogP contribution < -0.4 is 5.32 Å². The molecule has 0 spiro atoms. The van der Waals surface area contributed by atoms with Crippen molar-refractivity contribution >= 4 is 11.0 Å². The molecule has 1 unspecified atom stereocenters. The monoisotopic (exact) mass is 257 g/mol. The fourth-order valence-electron chi connectivity index (χ4n) is 2.83. The van der Waals surface area contributed by atoms with Gasteiger partial charge in [-0.2, -0.15) is 0 Å². The number of rotatable bonds is 6. The standard InChI is InChI=1S/C16H23N3/c1-3-10-17-15(13-8-9-13)11-19-12(2)18-14-6-4-5-7-16(14)19/h4-7,13,15,17H,3,8-11H2,1-2H3. The first-order valence-electron chi connectivity index (χ1n) is 7.45. The van der Waals surface area contributed by atoms with Crippen LogP contribution in [-0.2, 0) is 6.54 Å². The minimum atomic E-state index is 0.608. The SMILES string of the molecule is CCCNC(Cn1c(C)nc2ccccc21)C1CC1. The Morgan fingerprint density at radius 2 is 2.16 bits per heavy atom. The summed E-state index contributed by atoms with van der Waals surface area (Å²) in [7, 11) is 0. The smallest absolute Gasteiger partial charge is 0.106 e. The van der Waals surface area contributed by atoms with Crippen LogP contribution in [0.4, 0.5) is 0 Å². The van der Waals surface area contributed by atoms with Gasteiger partial charge in [-0.05, 0) is 50.8 Å². The van der Waals surface area contributed by atoms with Crippen molar-refractivity contribution in [3.8, 4) is 0 Å². The molecule has 3 rings (SSSR count). The summed E-state index contributed by atoms with van der Waals surface area (Å²) >= 11 is 0. The maximum absolute atomic E-state index is 4.66. The summed E-state index contributed by atoms with van der Waals surface area (Å²) < 4.78 is 2.38. The number of aryl methyl sites for hydroxylation is 1. The third-order valence-corrected chi connectivity index (χ3v) is 4.07. The number of nitrogens with one attached hydrogen (secondary N) is 1. The topological polar surface area (TPSA) is 29.9 Å². The molecule has 0 saturated heterocycles. The predicted molar refractivity (Wildman–Crippen MR) is 79.3 cm³/mol. The summed E-state index contributed by atoms with van der Waals surface area (Å²) in [4.78, 5) is 4.66. The molecule has 0 amide bonds. The van der Waals surface area contributed by atoms with Gasteiger partial charge in [0.2, 0.25) is 0 Å². The van der Waals surface area contributed by atoms with Gasteiger partial charge >= 0.3 is 0 Å².